The maximum atomic E-state index is 11.1. The van der Waals surface area contributed by atoms with Crippen molar-refractivity contribution >= 4 is 29.2 Å². The standard InChI is InChI=1S/C11H12ClN3OS/c1-11(2,3)8-7(6-16)9(12)15(14-8)10-13-4-5-17-10/h4-6H,1-3H3. The monoisotopic (exact) mass is 269 g/mol. The predicted octanol–water partition coefficient (Wildman–Crippen LogP) is 3.09. The van der Waals surface area contributed by atoms with Gasteiger partial charge in [-0.3, -0.25) is 4.79 Å². The molecular weight excluding hydrogens is 258 g/mol. The van der Waals surface area contributed by atoms with Crippen LogP contribution in [0.5, 0.6) is 0 Å². The maximum Gasteiger partial charge on any atom is 0.211 e. The van der Waals surface area contributed by atoms with Gasteiger partial charge in [-0.05, 0) is 0 Å². The van der Waals surface area contributed by atoms with Gasteiger partial charge in [0.05, 0.1) is 11.3 Å². The van der Waals surface area contributed by atoms with Gasteiger partial charge >= 0.3 is 0 Å². The number of aromatic nitrogens is 3. The Balaban J connectivity index is 2.65. The highest BCUT2D eigenvalue weighted by molar-refractivity contribution is 7.12. The molecule has 0 aliphatic rings. The van der Waals surface area contributed by atoms with Crippen LogP contribution < -0.4 is 0 Å². The summed E-state index contributed by atoms with van der Waals surface area (Å²) < 4.78 is 1.51. The van der Waals surface area contributed by atoms with Gasteiger partial charge in [0.1, 0.15) is 5.15 Å². The van der Waals surface area contributed by atoms with Gasteiger partial charge in [-0.2, -0.15) is 9.78 Å². The normalized spacial score (nSPS) is 11.8. The number of nitrogens with zero attached hydrogens (tertiary/aromatic N) is 3. The molecule has 2 aromatic rings. The van der Waals surface area contributed by atoms with Gasteiger partial charge in [0.2, 0.25) is 5.13 Å². The van der Waals surface area contributed by atoms with Gasteiger partial charge in [-0.15, -0.1) is 11.3 Å². The number of rotatable bonds is 2. The molecular formula is C11H12ClN3OS. The van der Waals surface area contributed by atoms with Crippen molar-refractivity contribution in [1.29, 1.82) is 0 Å². The molecule has 0 atom stereocenters. The number of thiazole rings is 1. The summed E-state index contributed by atoms with van der Waals surface area (Å²) in [5.41, 5.74) is 0.893. The van der Waals surface area contributed by atoms with Crippen LogP contribution >= 0.6 is 22.9 Å². The summed E-state index contributed by atoms with van der Waals surface area (Å²) in [4.78, 5) is 15.3. The molecule has 2 heterocycles. The Morgan fingerprint density at radius 3 is 2.59 bits per heavy atom. The van der Waals surface area contributed by atoms with Crippen LogP contribution in [0.25, 0.3) is 5.13 Å². The average molecular weight is 270 g/mol. The van der Waals surface area contributed by atoms with E-state index >= 15 is 0 Å². The molecule has 0 unspecified atom stereocenters. The minimum atomic E-state index is -0.234. The molecule has 0 fully saturated rings. The summed E-state index contributed by atoms with van der Waals surface area (Å²) in [6.07, 6.45) is 2.43. The fraction of sp³-hybridized carbons (Fsp3) is 0.364. The lowest BCUT2D eigenvalue weighted by Crippen LogP contribution is -2.14. The second-order valence-electron chi connectivity index (χ2n) is 4.65. The summed E-state index contributed by atoms with van der Waals surface area (Å²) in [7, 11) is 0. The molecule has 0 radical (unpaired) electrons. The lowest BCUT2D eigenvalue weighted by atomic mass is 9.90. The molecule has 0 N–H and O–H groups in total. The highest BCUT2D eigenvalue weighted by Gasteiger charge is 2.26. The van der Waals surface area contributed by atoms with Crippen LogP contribution in [0.2, 0.25) is 5.15 Å². The minimum Gasteiger partial charge on any atom is -0.298 e. The van der Waals surface area contributed by atoms with Crippen LogP contribution in [0.3, 0.4) is 0 Å². The second-order valence-corrected chi connectivity index (χ2v) is 5.88. The van der Waals surface area contributed by atoms with E-state index in [2.05, 4.69) is 10.1 Å². The van der Waals surface area contributed by atoms with Crippen molar-refractivity contribution in [3.8, 4) is 5.13 Å². The largest absolute Gasteiger partial charge is 0.298 e. The molecule has 0 saturated carbocycles. The molecule has 90 valence electrons. The topological polar surface area (TPSA) is 47.8 Å². The molecule has 0 saturated heterocycles. The Labute approximate surface area is 108 Å². The first kappa shape index (κ1) is 12.3. The zero-order valence-corrected chi connectivity index (χ0v) is 11.3. The average Bonchev–Trinajstić information content (AvgIpc) is 2.82. The zero-order chi connectivity index (χ0) is 12.6. The van der Waals surface area contributed by atoms with E-state index in [1.165, 1.54) is 16.0 Å². The van der Waals surface area contributed by atoms with Gasteiger partial charge in [-0.1, -0.05) is 32.4 Å². The van der Waals surface area contributed by atoms with E-state index in [4.69, 9.17) is 11.6 Å². The van der Waals surface area contributed by atoms with E-state index in [0.29, 0.717) is 21.5 Å². The molecule has 0 aliphatic carbocycles. The van der Waals surface area contributed by atoms with Crippen LogP contribution in [0.4, 0.5) is 0 Å². The number of carbonyl (C=O) groups excluding carboxylic acids is 1. The third-order valence-corrected chi connectivity index (χ3v) is 3.40. The second kappa shape index (κ2) is 4.23. The van der Waals surface area contributed by atoms with Crippen molar-refractivity contribution in [2.45, 2.75) is 26.2 Å². The SMILES string of the molecule is CC(C)(C)c1nn(-c2nccs2)c(Cl)c1C=O. The van der Waals surface area contributed by atoms with Crippen LogP contribution in [0.15, 0.2) is 11.6 Å². The third-order valence-electron chi connectivity index (χ3n) is 2.29. The van der Waals surface area contributed by atoms with Crippen molar-refractivity contribution < 1.29 is 4.79 Å². The first-order chi connectivity index (χ1) is 7.95. The van der Waals surface area contributed by atoms with Crippen LogP contribution in [-0.2, 0) is 5.41 Å². The predicted molar refractivity (Wildman–Crippen MR) is 68.3 cm³/mol. The number of hydrogen-bond donors (Lipinski definition) is 0. The Bertz CT molecular complexity index is 540. The molecule has 2 rings (SSSR count). The van der Waals surface area contributed by atoms with Crippen molar-refractivity contribution in [3.05, 3.63) is 28.0 Å². The molecule has 17 heavy (non-hydrogen) atoms. The molecule has 0 aliphatic heterocycles. The van der Waals surface area contributed by atoms with Crippen molar-refractivity contribution in [3.63, 3.8) is 0 Å². The molecule has 0 bridgehead atoms. The Morgan fingerprint density at radius 2 is 2.18 bits per heavy atom. The summed E-state index contributed by atoms with van der Waals surface area (Å²) >= 11 is 7.59. The van der Waals surface area contributed by atoms with Gasteiger partial charge < -0.3 is 0 Å². The Kier molecular flexibility index (Phi) is 3.05. The maximum absolute atomic E-state index is 11.1. The van der Waals surface area contributed by atoms with Gasteiger partial charge in [-0.25, -0.2) is 4.98 Å². The quantitative estimate of drug-likeness (QED) is 0.787. The minimum absolute atomic E-state index is 0.234. The van der Waals surface area contributed by atoms with Crippen molar-refractivity contribution in [1.82, 2.24) is 14.8 Å². The summed E-state index contributed by atoms with van der Waals surface area (Å²) in [5, 5.41) is 7.21. The fourth-order valence-electron chi connectivity index (χ4n) is 1.52. The van der Waals surface area contributed by atoms with Crippen molar-refractivity contribution in [2.24, 2.45) is 0 Å². The molecule has 6 heteroatoms. The molecule has 0 spiro atoms. The fourth-order valence-corrected chi connectivity index (χ4v) is 2.41. The molecule has 4 nitrogen and oxygen atoms in total. The molecule has 0 amide bonds. The molecule has 0 aromatic carbocycles. The van der Waals surface area contributed by atoms with Gasteiger partial charge in [0, 0.05) is 17.0 Å². The Hall–Kier alpha value is -1.20. The van der Waals surface area contributed by atoms with E-state index in [9.17, 15) is 4.79 Å². The van der Waals surface area contributed by atoms with E-state index < -0.39 is 0 Å². The number of halogens is 1. The first-order valence-corrected chi connectivity index (χ1v) is 6.35. The van der Waals surface area contributed by atoms with Gasteiger partial charge in [0.25, 0.3) is 0 Å². The van der Waals surface area contributed by atoms with E-state index in [-0.39, 0.29) is 5.41 Å². The van der Waals surface area contributed by atoms with E-state index in [1.54, 1.807) is 6.20 Å². The number of hydrogen-bond acceptors (Lipinski definition) is 4. The van der Waals surface area contributed by atoms with Crippen LogP contribution in [0, 0.1) is 0 Å². The number of carbonyl (C=O) groups is 1. The smallest absolute Gasteiger partial charge is 0.211 e. The Morgan fingerprint density at radius 1 is 1.47 bits per heavy atom. The van der Waals surface area contributed by atoms with Crippen LogP contribution in [-0.4, -0.2) is 21.1 Å². The lowest BCUT2D eigenvalue weighted by molar-refractivity contribution is 0.112. The van der Waals surface area contributed by atoms with E-state index in [1.807, 2.05) is 26.2 Å². The zero-order valence-electron chi connectivity index (χ0n) is 9.77. The number of aldehydes is 1. The first-order valence-electron chi connectivity index (χ1n) is 5.09. The highest BCUT2D eigenvalue weighted by atomic mass is 35.5. The highest BCUT2D eigenvalue weighted by Crippen LogP contribution is 2.30. The summed E-state index contributed by atoms with van der Waals surface area (Å²) in [5.74, 6) is 0. The summed E-state index contributed by atoms with van der Waals surface area (Å²) in [6.45, 7) is 5.97. The van der Waals surface area contributed by atoms with E-state index in [0.717, 1.165) is 6.29 Å². The third kappa shape index (κ3) is 2.12. The van der Waals surface area contributed by atoms with Crippen molar-refractivity contribution in [2.75, 3.05) is 0 Å². The summed E-state index contributed by atoms with van der Waals surface area (Å²) in [6, 6.07) is 0. The van der Waals surface area contributed by atoms with Gasteiger partial charge in [0.15, 0.2) is 6.29 Å². The molecule has 2 aromatic heterocycles. The lowest BCUT2D eigenvalue weighted by Gasteiger charge is -2.15. The van der Waals surface area contributed by atoms with Crippen LogP contribution in [0.1, 0.15) is 36.8 Å².